The van der Waals surface area contributed by atoms with Crippen LogP contribution in [0.2, 0.25) is 5.02 Å². The van der Waals surface area contributed by atoms with Crippen molar-refractivity contribution in [2.75, 3.05) is 5.75 Å². The molecule has 86 valence electrons. The van der Waals surface area contributed by atoms with Gasteiger partial charge in [-0.05, 0) is 6.07 Å². The van der Waals surface area contributed by atoms with Crippen LogP contribution in [0.1, 0.15) is 16.8 Å². The molecule has 0 saturated carbocycles. The summed E-state index contributed by atoms with van der Waals surface area (Å²) in [5, 5.41) is 0.227. The van der Waals surface area contributed by atoms with Crippen LogP contribution >= 0.6 is 23.4 Å². The zero-order chi connectivity index (χ0) is 11.7. The molecule has 2 rings (SSSR count). The minimum absolute atomic E-state index is 0.0180. The van der Waals surface area contributed by atoms with Crippen molar-refractivity contribution in [2.24, 2.45) is 0 Å². The monoisotopic (exact) mass is 264 g/mol. The zero-order valence-corrected chi connectivity index (χ0v) is 9.58. The molecule has 0 bridgehead atoms. The van der Waals surface area contributed by atoms with Crippen molar-refractivity contribution >= 4 is 29.1 Å². The van der Waals surface area contributed by atoms with Crippen molar-refractivity contribution < 1.29 is 18.3 Å². The van der Waals surface area contributed by atoms with Crippen LogP contribution in [0.15, 0.2) is 17.0 Å². The first-order chi connectivity index (χ1) is 7.58. The van der Waals surface area contributed by atoms with E-state index in [-0.39, 0.29) is 16.6 Å². The van der Waals surface area contributed by atoms with Gasteiger partial charge in [-0.2, -0.15) is 8.78 Å². The predicted molar refractivity (Wildman–Crippen MR) is 57.8 cm³/mol. The molecule has 0 amide bonds. The highest BCUT2D eigenvalue weighted by atomic mass is 35.5. The van der Waals surface area contributed by atoms with Gasteiger partial charge in [-0.1, -0.05) is 11.6 Å². The van der Waals surface area contributed by atoms with Gasteiger partial charge < -0.3 is 4.74 Å². The third-order valence-corrected chi connectivity index (χ3v) is 3.45. The van der Waals surface area contributed by atoms with E-state index in [9.17, 15) is 13.6 Å². The Morgan fingerprint density at radius 1 is 1.44 bits per heavy atom. The maximum absolute atomic E-state index is 12.2. The highest BCUT2D eigenvalue weighted by Gasteiger charge is 2.23. The Labute approximate surface area is 99.9 Å². The molecule has 1 heterocycles. The number of halogens is 3. The Balaban J connectivity index is 2.48. The molecule has 0 aromatic heterocycles. The van der Waals surface area contributed by atoms with Crippen LogP contribution in [0.4, 0.5) is 8.78 Å². The van der Waals surface area contributed by atoms with Crippen LogP contribution in [-0.4, -0.2) is 18.1 Å². The molecule has 6 heteroatoms. The highest BCUT2D eigenvalue weighted by molar-refractivity contribution is 7.99. The Hall–Kier alpha value is -0.810. The maximum atomic E-state index is 12.2. The fourth-order valence-corrected chi connectivity index (χ4v) is 2.77. The number of hydrogen-bond acceptors (Lipinski definition) is 3. The first-order valence-electron chi connectivity index (χ1n) is 4.52. The molecule has 0 N–H and O–H groups in total. The number of carbonyl (C=O) groups is 1. The summed E-state index contributed by atoms with van der Waals surface area (Å²) in [6.45, 7) is -2.92. The number of benzene rings is 1. The van der Waals surface area contributed by atoms with Crippen LogP contribution in [0.5, 0.6) is 5.75 Å². The third-order valence-electron chi connectivity index (χ3n) is 2.11. The number of ether oxygens (including phenoxy) is 1. The molecule has 0 unspecified atom stereocenters. The standard InChI is InChI=1S/C10H7ClF2O2S/c11-5-3-6-7(14)1-2-16-9(6)8(4-5)15-10(12)13/h3-4,10H,1-2H2. The Kier molecular flexibility index (Phi) is 3.35. The van der Waals surface area contributed by atoms with Gasteiger partial charge in [-0.15, -0.1) is 11.8 Å². The van der Waals surface area contributed by atoms with Gasteiger partial charge in [0, 0.05) is 28.8 Å². The minimum Gasteiger partial charge on any atom is -0.434 e. The summed E-state index contributed by atoms with van der Waals surface area (Å²) in [6, 6.07) is 2.79. The predicted octanol–water partition coefficient (Wildman–Crippen LogP) is 3.62. The van der Waals surface area contributed by atoms with Gasteiger partial charge in [0.1, 0.15) is 5.75 Å². The smallest absolute Gasteiger partial charge is 0.387 e. The van der Waals surface area contributed by atoms with E-state index in [0.29, 0.717) is 22.6 Å². The molecule has 0 spiro atoms. The molecule has 0 saturated heterocycles. The number of thioether (sulfide) groups is 1. The van der Waals surface area contributed by atoms with Gasteiger partial charge in [-0.3, -0.25) is 4.79 Å². The van der Waals surface area contributed by atoms with E-state index < -0.39 is 6.61 Å². The number of fused-ring (bicyclic) bond motifs is 1. The van der Waals surface area contributed by atoms with E-state index in [1.54, 1.807) is 0 Å². The van der Waals surface area contributed by atoms with Crippen LogP contribution < -0.4 is 4.74 Å². The van der Waals surface area contributed by atoms with E-state index in [4.69, 9.17) is 11.6 Å². The molecule has 0 fully saturated rings. The number of carbonyl (C=O) groups excluding carboxylic acids is 1. The maximum Gasteiger partial charge on any atom is 0.387 e. The minimum atomic E-state index is -2.92. The molecule has 1 aromatic carbocycles. The molecular formula is C10H7ClF2O2S. The molecule has 0 radical (unpaired) electrons. The van der Waals surface area contributed by atoms with Crippen molar-refractivity contribution in [1.82, 2.24) is 0 Å². The lowest BCUT2D eigenvalue weighted by Crippen LogP contribution is -2.11. The van der Waals surface area contributed by atoms with Crippen LogP contribution in [-0.2, 0) is 0 Å². The van der Waals surface area contributed by atoms with Crippen molar-refractivity contribution in [1.29, 1.82) is 0 Å². The number of alkyl halides is 2. The second kappa shape index (κ2) is 4.59. The van der Waals surface area contributed by atoms with Crippen molar-refractivity contribution in [3.8, 4) is 5.75 Å². The Morgan fingerprint density at radius 2 is 2.19 bits per heavy atom. The van der Waals surface area contributed by atoms with Gasteiger partial charge in [0.05, 0.1) is 4.90 Å². The average Bonchev–Trinajstić information content (AvgIpc) is 2.18. The van der Waals surface area contributed by atoms with Crippen LogP contribution in [0.3, 0.4) is 0 Å². The lowest BCUT2D eigenvalue weighted by Gasteiger charge is -2.18. The first kappa shape index (κ1) is 11.7. The summed E-state index contributed by atoms with van der Waals surface area (Å²) in [5.74, 6) is 0.471. The molecule has 1 aliphatic heterocycles. The van der Waals surface area contributed by atoms with Gasteiger partial charge in [0.2, 0.25) is 0 Å². The first-order valence-corrected chi connectivity index (χ1v) is 5.88. The summed E-state index contributed by atoms with van der Waals surface area (Å²) in [6.07, 6.45) is 0.395. The van der Waals surface area contributed by atoms with Gasteiger partial charge in [0.25, 0.3) is 0 Å². The van der Waals surface area contributed by atoms with Gasteiger partial charge >= 0.3 is 6.61 Å². The molecule has 0 aliphatic carbocycles. The fourth-order valence-electron chi connectivity index (χ4n) is 1.49. The number of Topliss-reactive ketones (excluding diaryl/α,β-unsaturated/α-hetero) is 1. The van der Waals surface area contributed by atoms with Crippen LogP contribution in [0, 0.1) is 0 Å². The van der Waals surface area contributed by atoms with Crippen molar-refractivity contribution in [2.45, 2.75) is 17.9 Å². The van der Waals surface area contributed by atoms with Crippen molar-refractivity contribution in [3.05, 3.63) is 22.7 Å². The van der Waals surface area contributed by atoms with E-state index in [2.05, 4.69) is 4.74 Å². The van der Waals surface area contributed by atoms with Gasteiger partial charge in [-0.25, -0.2) is 0 Å². The topological polar surface area (TPSA) is 26.3 Å². The lowest BCUT2D eigenvalue weighted by molar-refractivity contribution is -0.0517. The summed E-state index contributed by atoms with van der Waals surface area (Å²) in [5.41, 5.74) is 0.374. The molecular weight excluding hydrogens is 258 g/mol. The zero-order valence-electron chi connectivity index (χ0n) is 8.00. The molecule has 2 nitrogen and oxygen atoms in total. The number of hydrogen-bond donors (Lipinski definition) is 0. The van der Waals surface area contributed by atoms with E-state index in [1.165, 1.54) is 23.9 Å². The SMILES string of the molecule is O=C1CCSc2c(OC(F)F)cc(Cl)cc21. The molecule has 0 atom stereocenters. The molecule has 1 aliphatic rings. The highest BCUT2D eigenvalue weighted by Crippen LogP contribution is 2.40. The largest absolute Gasteiger partial charge is 0.434 e. The second-order valence-electron chi connectivity index (χ2n) is 3.18. The van der Waals surface area contributed by atoms with E-state index >= 15 is 0 Å². The molecule has 1 aromatic rings. The van der Waals surface area contributed by atoms with E-state index in [0.717, 1.165) is 0 Å². The van der Waals surface area contributed by atoms with Crippen molar-refractivity contribution in [3.63, 3.8) is 0 Å². The fraction of sp³-hybridized carbons (Fsp3) is 0.300. The normalized spacial score (nSPS) is 15.1. The van der Waals surface area contributed by atoms with Crippen LogP contribution in [0.25, 0.3) is 0 Å². The Bertz CT molecular complexity index is 437. The van der Waals surface area contributed by atoms with E-state index in [1.807, 2.05) is 0 Å². The number of ketones is 1. The number of rotatable bonds is 2. The average molecular weight is 265 g/mol. The second-order valence-corrected chi connectivity index (χ2v) is 4.72. The summed E-state index contributed by atoms with van der Waals surface area (Å²) in [4.78, 5) is 12.0. The summed E-state index contributed by atoms with van der Waals surface area (Å²) >= 11 is 7.08. The quantitative estimate of drug-likeness (QED) is 0.816. The van der Waals surface area contributed by atoms with Gasteiger partial charge in [0.15, 0.2) is 5.78 Å². The summed E-state index contributed by atoms with van der Waals surface area (Å²) in [7, 11) is 0. The molecule has 16 heavy (non-hydrogen) atoms. The third kappa shape index (κ3) is 2.30. The summed E-state index contributed by atoms with van der Waals surface area (Å²) < 4.78 is 28.7. The lowest BCUT2D eigenvalue weighted by atomic mass is 10.1. The Morgan fingerprint density at radius 3 is 2.88 bits per heavy atom.